The number of benzene rings is 4. The Hall–Kier alpha value is -5.64. The molecule has 0 saturated carbocycles. The maximum atomic E-state index is 15.3. The normalized spacial score (nSPS) is 13.2. The van der Waals surface area contributed by atoms with Gasteiger partial charge in [0.15, 0.2) is 5.84 Å². The molecule has 0 atom stereocenters. The van der Waals surface area contributed by atoms with Crippen LogP contribution in [0.4, 0.5) is 14.4 Å². The summed E-state index contributed by atoms with van der Waals surface area (Å²) in [5.74, 6) is 3.21. The van der Waals surface area contributed by atoms with Crippen molar-refractivity contribution in [2.45, 2.75) is 27.7 Å². The molecule has 0 N–H and O–H groups in total. The molecule has 0 aliphatic carbocycles. The number of halogens is 2. The lowest BCUT2D eigenvalue weighted by molar-refractivity contribution is 0.340. The van der Waals surface area contributed by atoms with Crippen molar-refractivity contribution in [3.8, 4) is 45.4 Å². The Kier molecular flexibility index (Phi) is 10.8. The summed E-state index contributed by atoms with van der Waals surface area (Å²) in [6, 6.07) is 31.5. The van der Waals surface area contributed by atoms with Crippen molar-refractivity contribution in [2.75, 3.05) is 26.4 Å². The van der Waals surface area contributed by atoms with Crippen LogP contribution in [0.2, 0.25) is 0 Å². The number of ether oxygens (including phenoxy) is 4. The summed E-state index contributed by atoms with van der Waals surface area (Å²) >= 11 is 0. The molecule has 0 spiro atoms. The van der Waals surface area contributed by atoms with Crippen molar-refractivity contribution in [1.29, 1.82) is 0 Å². The molecule has 50 heavy (non-hydrogen) atoms. The van der Waals surface area contributed by atoms with Crippen molar-refractivity contribution in [1.82, 2.24) is 4.48 Å². The van der Waals surface area contributed by atoms with Gasteiger partial charge in [-0.3, -0.25) is 8.63 Å². The maximum Gasteiger partial charge on any atom is 0.679 e. The summed E-state index contributed by atoms with van der Waals surface area (Å²) in [6.07, 6.45) is 1.93. The zero-order valence-corrected chi connectivity index (χ0v) is 28.5. The van der Waals surface area contributed by atoms with Gasteiger partial charge in [-0.2, -0.15) is 0 Å². The minimum atomic E-state index is -2.90. The van der Waals surface area contributed by atoms with Gasteiger partial charge in [0.1, 0.15) is 28.8 Å². The van der Waals surface area contributed by atoms with Gasteiger partial charge < -0.3 is 23.4 Å². The topological polar surface area (TPSA) is 66.6 Å². The van der Waals surface area contributed by atoms with E-state index in [9.17, 15) is 0 Å². The molecule has 1 aliphatic heterocycles. The molecule has 2 heterocycles. The summed E-state index contributed by atoms with van der Waals surface area (Å²) in [7, 11) is -2.90. The van der Waals surface area contributed by atoms with E-state index in [1.54, 1.807) is 30.3 Å². The third kappa shape index (κ3) is 7.49. The minimum Gasteiger partial charge on any atom is -0.494 e. The first kappa shape index (κ1) is 34.2. The molecule has 0 fully saturated rings. The fraction of sp³-hybridized carbons (Fsp3) is 0.200. The highest BCUT2D eigenvalue weighted by Crippen LogP contribution is 2.41. The predicted octanol–water partition coefficient (Wildman–Crippen LogP) is 9.81. The SMILES string of the molecule is CCOc1ccc(C2=CC(c3ccc(OCC)cc3)=N/C2=N\c2c(-c3ccc(OCC)cc3)cc(-c3ccc(OCC)cc3)n2B(F)F)cc1. The average molecular weight is 674 g/mol. The summed E-state index contributed by atoms with van der Waals surface area (Å²) in [5, 5.41) is 0. The first-order valence-electron chi connectivity index (χ1n) is 16.8. The van der Waals surface area contributed by atoms with Crippen LogP contribution in [0.5, 0.6) is 23.0 Å². The molecule has 0 saturated heterocycles. The Morgan fingerprint density at radius 1 is 0.580 bits per heavy atom. The number of rotatable bonds is 14. The van der Waals surface area contributed by atoms with Crippen LogP contribution in [0.25, 0.3) is 28.0 Å². The predicted molar refractivity (Wildman–Crippen MR) is 198 cm³/mol. The van der Waals surface area contributed by atoms with Gasteiger partial charge in [0.2, 0.25) is 0 Å². The van der Waals surface area contributed by atoms with Crippen LogP contribution in [-0.2, 0) is 0 Å². The Bertz CT molecular complexity index is 2000. The number of aromatic nitrogens is 1. The summed E-state index contributed by atoms with van der Waals surface area (Å²) in [6.45, 7) is 9.77. The lowest BCUT2D eigenvalue weighted by Gasteiger charge is -2.11. The maximum absolute atomic E-state index is 15.3. The Morgan fingerprint density at radius 2 is 1.00 bits per heavy atom. The van der Waals surface area contributed by atoms with E-state index in [-0.39, 0.29) is 5.82 Å². The zero-order chi connectivity index (χ0) is 35.0. The van der Waals surface area contributed by atoms with Gasteiger partial charge in [-0.15, -0.1) is 0 Å². The van der Waals surface area contributed by atoms with Crippen molar-refractivity contribution >= 4 is 30.3 Å². The van der Waals surface area contributed by atoms with Crippen molar-refractivity contribution in [2.24, 2.45) is 9.98 Å². The highest BCUT2D eigenvalue weighted by molar-refractivity contribution is 6.43. The fourth-order valence-electron chi connectivity index (χ4n) is 5.79. The Balaban J connectivity index is 1.54. The van der Waals surface area contributed by atoms with E-state index in [0.29, 0.717) is 77.4 Å². The monoisotopic (exact) mass is 673 g/mol. The van der Waals surface area contributed by atoms with Crippen LogP contribution in [-0.4, -0.2) is 49.9 Å². The molecule has 6 rings (SSSR count). The smallest absolute Gasteiger partial charge is 0.494 e. The fourth-order valence-corrected chi connectivity index (χ4v) is 5.79. The molecule has 10 heteroatoms. The lowest BCUT2D eigenvalue weighted by atomic mass is 10.0. The molecule has 5 aromatic rings. The second-order valence-electron chi connectivity index (χ2n) is 11.2. The van der Waals surface area contributed by atoms with Crippen LogP contribution in [0.15, 0.2) is 119 Å². The molecule has 7 nitrogen and oxygen atoms in total. The second kappa shape index (κ2) is 15.7. The molecular weight excluding hydrogens is 635 g/mol. The van der Waals surface area contributed by atoms with Crippen LogP contribution in [0, 0.1) is 0 Å². The molecule has 4 aromatic carbocycles. The summed E-state index contributed by atoms with van der Waals surface area (Å²) in [4.78, 5) is 9.92. The number of hydrogen-bond acceptors (Lipinski definition) is 5. The summed E-state index contributed by atoms with van der Waals surface area (Å²) < 4.78 is 54.1. The van der Waals surface area contributed by atoms with Gasteiger partial charge in [-0.25, -0.2) is 9.98 Å². The molecule has 0 radical (unpaired) electrons. The van der Waals surface area contributed by atoms with E-state index < -0.39 is 7.40 Å². The van der Waals surface area contributed by atoms with Crippen LogP contribution < -0.4 is 18.9 Å². The van der Waals surface area contributed by atoms with E-state index in [2.05, 4.69) is 0 Å². The molecule has 1 aliphatic rings. The molecule has 1 aromatic heterocycles. The van der Waals surface area contributed by atoms with Gasteiger partial charge in [0.05, 0.1) is 32.1 Å². The van der Waals surface area contributed by atoms with Crippen LogP contribution in [0.1, 0.15) is 38.8 Å². The summed E-state index contributed by atoms with van der Waals surface area (Å²) in [5.41, 5.74) is 5.15. The van der Waals surface area contributed by atoms with E-state index in [0.717, 1.165) is 27.1 Å². The Labute approximate surface area is 291 Å². The third-order valence-corrected chi connectivity index (χ3v) is 8.04. The number of amidine groups is 1. The van der Waals surface area contributed by atoms with Gasteiger partial charge in [0.25, 0.3) is 0 Å². The van der Waals surface area contributed by atoms with Crippen molar-refractivity contribution in [3.63, 3.8) is 0 Å². The van der Waals surface area contributed by atoms with E-state index in [1.807, 2.05) is 107 Å². The minimum absolute atomic E-state index is 0.0802. The second-order valence-corrected chi connectivity index (χ2v) is 11.2. The van der Waals surface area contributed by atoms with Gasteiger partial charge in [-0.1, -0.05) is 24.3 Å². The average Bonchev–Trinajstić information content (AvgIpc) is 3.73. The highest BCUT2D eigenvalue weighted by Gasteiger charge is 2.30. The lowest BCUT2D eigenvalue weighted by Crippen LogP contribution is -2.14. The Morgan fingerprint density at radius 3 is 1.44 bits per heavy atom. The molecule has 0 bridgehead atoms. The highest BCUT2D eigenvalue weighted by atomic mass is 19.2. The van der Waals surface area contributed by atoms with Crippen molar-refractivity contribution < 1.29 is 27.6 Å². The largest absolute Gasteiger partial charge is 0.679 e. The number of allylic oxidation sites excluding steroid dienone is 1. The molecule has 0 amide bonds. The third-order valence-electron chi connectivity index (χ3n) is 8.04. The zero-order valence-electron chi connectivity index (χ0n) is 28.5. The van der Waals surface area contributed by atoms with Gasteiger partial charge in [0, 0.05) is 22.4 Å². The van der Waals surface area contributed by atoms with E-state index in [4.69, 9.17) is 28.9 Å². The quantitative estimate of drug-likeness (QED) is 0.110. The number of nitrogens with zero attached hydrogens (tertiary/aromatic N) is 3. The van der Waals surface area contributed by atoms with Crippen molar-refractivity contribution in [3.05, 3.63) is 120 Å². The van der Waals surface area contributed by atoms with Gasteiger partial charge >= 0.3 is 7.40 Å². The number of hydrogen-bond donors (Lipinski definition) is 0. The van der Waals surface area contributed by atoms with E-state index >= 15 is 8.63 Å². The standard InChI is InChI=1S/C40H38BF2N3O4/c1-5-47-31-17-9-27(10-18-31)35-25-37(29-13-21-33(22-14-29)49-7-3)44-39(35)45-40-36(28-11-19-32(20-12-28)48-6-2)26-38(46(40)41(42)43)30-15-23-34(24-16-30)50-8-4/h9-26H,5-8H2,1-4H3/b45-39-. The number of aliphatic imine (C=N–C) groups is 2. The van der Waals surface area contributed by atoms with Crippen LogP contribution in [0.3, 0.4) is 0 Å². The molecule has 0 unspecified atom stereocenters. The first-order valence-corrected chi connectivity index (χ1v) is 16.8. The molecular formula is C40H38BF2N3O4. The van der Waals surface area contributed by atoms with Gasteiger partial charge in [-0.05, 0) is 129 Å². The first-order chi connectivity index (χ1) is 24.4. The van der Waals surface area contributed by atoms with E-state index in [1.165, 1.54) is 0 Å². The van der Waals surface area contributed by atoms with Crippen LogP contribution >= 0.6 is 0 Å². The molecule has 254 valence electrons.